The Labute approximate surface area is 109 Å². The first-order valence-electron chi connectivity index (χ1n) is 5.30. The number of hydrogen-bond acceptors (Lipinski definition) is 6. The molecule has 1 rings (SSSR count). The number of ether oxygens (including phenoxy) is 2. The first-order chi connectivity index (χ1) is 8.65. The molecule has 0 saturated heterocycles. The van der Waals surface area contributed by atoms with Gasteiger partial charge < -0.3 is 9.47 Å². The minimum absolute atomic E-state index is 0.0910. The smallest absolute Gasteiger partial charge is 0.413 e. The van der Waals surface area contributed by atoms with Crippen LogP contribution in [0.5, 0.6) is 0 Å². The van der Waals surface area contributed by atoms with E-state index in [1.165, 1.54) is 17.4 Å². The van der Waals surface area contributed by atoms with E-state index >= 15 is 0 Å². The SMILES string of the molecule is C=CCOC(=O)Nc1nc(CC(=O)OCC)cs1. The van der Waals surface area contributed by atoms with Crippen molar-refractivity contribution >= 4 is 28.5 Å². The third-order valence-electron chi connectivity index (χ3n) is 1.72. The summed E-state index contributed by atoms with van der Waals surface area (Å²) in [5.41, 5.74) is 0.553. The second kappa shape index (κ2) is 7.44. The van der Waals surface area contributed by atoms with Gasteiger partial charge in [0.25, 0.3) is 0 Å². The number of nitrogens with one attached hydrogen (secondary N) is 1. The molecule has 0 atom stereocenters. The fraction of sp³-hybridized carbons (Fsp3) is 0.364. The number of carbonyl (C=O) groups is 2. The standard InChI is InChI=1S/C11H14N2O4S/c1-3-5-17-11(15)13-10-12-8(7-18-10)6-9(14)16-4-2/h3,7H,1,4-6H2,2H3,(H,12,13,15). The molecule has 1 heterocycles. The van der Waals surface area contributed by atoms with Gasteiger partial charge >= 0.3 is 12.1 Å². The Morgan fingerprint density at radius 1 is 1.56 bits per heavy atom. The van der Waals surface area contributed by atoms with Crippen molar-refractivity contribution in [2.24, 2.45) is 0 Å². The van der Waals surface area contributed by atoms with E-state index in [9.17, 15) is 9.59 Å². The summed E-state index contributed by atoms with van der Waals surface area (Å²) in [4.78, 5) is 26.5. The van der Waals surface area contributed by atoms with E-state index in [1.54, 1.807) is 12.3 Å². The highest BCUT2D eigenvalue weighted by molar-refractivity contribution is 7.13. The summed E-state index contributed by atoms with van der Waals surface area (Å²) >= 11 is 1.21. The topological polar surface area (TPSA) is 77.5 Å². The van der Waals surface area contributed by atoms with Crippen molar-refractivity contribution in [3.63, 3.8) is 0 Å². The van der Waals surface area contributed by atoms with E-state index in [2.05, 4.69) is 16.9 Å². The van der Waals surface area contributed by atoms with Gasteiger partial charge in [-0.2, -0.15) is 0 Å². The predicted molar refractivity (Wildman–Crippen MR) is 67.6 cm³/mol. The Hall–Kier alpha value is -1.89. The first kappa shape index (κ1) is 14.2. The molecule has 1 amide bonds. The van der Waals surface area contributed by atoms with Crippen molar-refractivity contribution in [1.29, 1.82) is 0 Å². The van der Waals surface area contributed by atoms with Gasteiger partial charge in [-0.25, -0.2) is 9.78 Å². The van der Waals surface area contributed by atoms with E-state index < -0.39 is 6.09 Å². The molecule has 0 saturated carbocycles. The zero-order valence-electron chi connectivity index (χ0n) is 9.97. The van der Waals surface area contributed by atoms with Gasteiger partial charge in [-0.05, 0) is 6.92 Å². The maximum Gasteiger partial charge on any atom is 0.413 e. The quantitative estimate of drug-likeness (QED) is 0.631. The van der Waals surface area contributed by atoms with Gasteiger partial charge in [0.1, 0.15) is 6.61 Å². The summed E-state index contributed by atoms with van der Waals surface area (Å²) in [6.07, 6.45) is 0.952. The Morgan fingerprint density at radius 3 is 3.00 bits per heavy atom. The van der Waals surface area contributed by atoms with Gasteiger partial charge in [-0.1, -0.05) is 12.7 Å². The van der Waals surface area contributed by atoms with Gasteiger partial charge in [-0.15, -0.1) is 11.3 Å². The molecule has 0 fully saturated rings. The Kier molecular flexibility index (Phi) is 5.86. The fourth-order valence-corrected chi connectivity index (χ4v) is 1.76. The lowest BCUT2D eigenvalue weighted by molar-refractivity contribution is -0.142. The fourth-order valence-electron chi connectivity index (χ4n) is 1.06. The molecular weight excluding hydrogens is 256 g/mol. The van der Waals surface area contributed by atoms with Gasteiger partial charge in [0.05, 0.1) is 18.7 Å². The molecule has 18 heavy (non-hydrogen) atoms. The highest BCUT2D eigenvalue weighted by atomic mass is 32.1. The lowest BCUT2D eigenvalue weighted by atomic mass is 10.3. The average Bonchev–Trinajstić information content (AvgIpc) is 2.74. The monoisotopic (exact) mass is 270 g/mol. The molecule has 0 bridgehead atoms. The number of esters is 1. The van der Waals surface area contributed by atoms with Crippen molar-refractivity contribution in [2.75, 3.05) is 18.5 Å². The molecule has 0 aliphatic rings. The maximum absolute atomic E-state index is 11.2. The van der Waals surface area contributed by atoms with Crippen LogP contribution in [-0.2, 0) is 20.7 Å². The average molecular weight is 270 g/mol. The zero-order valence-corrected chi connectivity index (χ0v) is 10.8. The summed E-state index contributed by atoms with van der Waals surface area (Å²) in [5.74, 6) is -0.344. The van der Waals surface area contributed by atoms with Crippen molar-refractivity contribution in [2.45, 2.75) is 13.3 Å². The molecule has 6 nitrogen and oxygen atoms in total. The predicted octanol–water partition coefficient (Wildman–Crippen LogP) is 1.98. The zero-order chi connectivity index (χ0) is 13.4. The molecule has 7 heteroatoms. The molecule has 0 aromatic carbocycles. The highest BCUT2D eigenvalue weighted by Gasteiger charge is 2.10. The van der Waals surface area contributed by atoms with Crippen LogP contribution in [0.1, 0.15) is 12.6 Å². The van der Waals surface area contributed by atoms with Gasteiger partial charge in [0, 0.05) is 5.38 Å². The van der Waals surface area contributed by atoms with E-state index in [-0.39, 0.29) is 19.0 Å². The molecule has 0 spiro atoms. The van der Waals surface area contributed by atoms with Crippen molar-refractivity contribution in [3.8, 4) is 0 Å². The highest BCUT2D eigenvalue weighted by Crippen LogP contribution is 2.16. The lowest BCUT2D eigenvalue weighted by Crippen LogP contribution is -2.13. The third kappa shape index (κ3) is 4.96. The second-order valence-electron chi connectivity index (χ2n) is 3.14. The summed E-state index contributed by atoms with van der Waals surface area (Å²) < 4.78 is 9.52. The van der Waals surface area contributed by atoms with Crippen LogP contribution in [0.25, 0.3) is 0 Å². The minimum Gasteiger partial charge on any atom is -0.466 e. The number of carbonyl (C=O) groups excluding carboxylic acids is 2. The Bertz CT molecular complexity index is 430. The maximum atomic E-state index is 11.2. The van der Waals surface area contributed by atoms with Crippen LogP contribution in [0.4, 0.5) is 9.93 Å². The molecule has 98 valence electrons. The van der Waals surface area contributed by atoms with Crippen LogP contribution < -0.4 is 5.32 Å². The Morgan fingerprint density at radius 2 is 2.33 bits per heavy atom. The second-order valence-corrected chi connectivity index (χ2v) is 4.00. The molecular formula is C11H14N2O4S. The normalized spacial score (nSPS) is 9.61. The molecule has 1 aromatic rings. The number of amides is 1. The first-order valence-corrected chi connectivity index (χ1v) is 6.18. The number of rotatable bonds is 6. The van der Waals surface area contributed by atoms with E-state index in [1.807, 2.05) is 0 Å². The van der Waals surface area contributed by atoms with Gasteiger partial charge in [0.15, 0.2) is 5.13 Å². The third-order valence-corrected chi connectivity index (χ3v) is 2.53. The molecule has 0 radical (unpaired) electrons. The summed E-state index contributed by atoms with van der Waals surface area (Å²) in [7, 11) is 0. The number of aromatic nitrogens is 1. The number of thiazole rings is 1. The van der Waals surface area contributed by atoms with E-state index in [4.69, 9.17) is 9.47 Å². The Balaban J connectivity index is 2.45. The lowest BCUT2D eigenvalue weighted by Gasteiger charge is -2.01. The molecule has 0 aliphatic carbocycles. The summed E-state index contributed by atoms with van der Waals surface area (Å²) in [5, 5.41) is 4.51. The summed E-state index contributed by atoms with van der Waals surface area (Å²) in [6, 6.07) is 0. The number of nitrogens with zero attached hydrogens (tertiary/aromatic N) is 1. The minimum atomic E-state index is -0.605. The van der Waals surface area contributed by atoms with Crippen LogP contribution in [0, 0.1) is 0 Å². The van der Waals surface area contributed by atoms with Gasteiger partial charge in [-0.3, -0.25) is 10.1 Å². The van der Waals surface area contributed by atoms with Crippen LogP contribution in [0.15, 0.2) is 18.0 Å². The number of anilines is 1. The van der Waals surface area contributed by atoms with E-state index in [0.29, 0.717) is 17.4 Å². The molecule has 1 N–H and O–H groups in total. The molecule has 0 aliphatic heterocycles. The summed E-state index contributed by atoms with van der Waals surface area (Å²) in [6.45, 7) is 5.63. The van der Waals surface area contributed by atoms with Crippen LogP contribution in [0.2, 0.25) is 0 Å². The molecule has 0 unspecified atom stereocenters. The van der Waals surface area contributed by atoms with Crippen LogP contribution >= 0.6 is 11.3 Å². The molecule has 1 aromatic heterocycles. The van der Waals surface area contributed by atoms with Crippen LogP contribution in [-0.4, -0.2) is 30.3 Å². The van der Waals surface area contributed by atoms with Gasteiger partial charge in [0.2, 0.25) is 0 Å². The van der Waals surface area contributed by atoms with Crippen molar-refractivity contribution in [3.05, 3.63) is 23.7 Å². The largest absolute Gasteiger partial charge is 0.466 e. The van der Waals surface area contributed by atoms with Crippen molar-refractivity contribution in [1.82, 2.24) is 4.98 Å². The van der Waals surface area contributed by atoms with E-state index in [0.717, 1.165) is 0 Å². The van der Waals surface area contributed by atoms with Crippen LogP contribution in [0.3, 0.4) is 0 Å². The van der Waals surface area contributed by atoms with Crippen molar-refractivity contribution < 1.29 is 19.1 Å². The number of hydrogen-bond donors (Lipinski definition) is 1.